The Bertz CT molecular complexity index is 1050. The molecule has 194 valence electrons. The molecule has 1 aromatic heterocycles. The predicted molar refractivity (Wildman–Crippen MR) is 144 cm³/mol. The lowest BCUT2D eigenvalue weighted by Gasteiger charge is -2.29. The number of carbonyl (C=O) groups excluding carboxylic acids is 1. The molecule has 0 bridgehead atoms. The topological polar surface area (TPSA) is 79.0 Å². The van der Waals surface area contributed by atoms with Crippen LogP contribution in [0, 0.1) is 12.8 Å². The summed E-state index contributed by atoms with van der Waals surface area (Å²) >= 11 is 0. The second kappa shape index (κ2) is 11.5. The molecule has 8 heteroatoms. The van der Waals surface area contributed by atoms with Crippen molar-refractivity contribution in [2.45, 2.75) is 45.6 Å². The first-order valence-electron chi connectivity index (χ1n) is 13.4. The van der Waals surface area contributed by atoms with Gasteiger partial charge in [-0.15, -0.1) is 0 Å². The smallest absolute Gasteiger partial charge is 0.321 e. The molecular weight excluding hydrogens is 454 g/mol. The van der Waals surface area contributed by atoms with E-state index in [1.807, 2.05) is 11.0 Å². The van der Waals surface area contributed by atoms with Gasteiger partial charge in [0.15, 0.2) is 0 Å². The van der Waals surface area contributed by atoms with Crippen LogP contribution >= 0.6 is 0 Å². The van der Waals surface area contributed by atoms with Gasteiger partial charge in [0.05, 0.1) is 13.2 Å². The number of likely N-dealkylation sites (tertiary alicyclic amines) is 1. The number of ether oxygens (including phenoxy) is 2. The van der Waals surface area contributed by atoms with E-state index in [-0.39, 0.29) is 6.03 Å². The van der Waals surface area contributed by atoms with Crippen LogP contribution in [0.5, 0.6) is 0 Å². The van der Waals surface area contributed by atoms with E-state index in [4.69, 9.17) is 14.5 Å². The molecular formula is C28H39N5O3. The molecule has 2 amide bonds. The van der Waals surface area contributed by atoms with Crippen molar-refractivity contribution in [1.29, 1.82) is 0 Å². The first kappa shape index (κ1) is 24.8. The van der Waals surface area contributed by atoms with Gasteiger partial charge in [-0.2, -0.15) is 0 Å². The van der Waals surface area contributed by atoms with Gasteiger partial charge in [0.25, 0.3) is 0 Å². The fourth-order valence-corrected chi connectivity index (χ4v) is 5.31. The van der Waals surface area contributed by atoms with Crippen LogP contribution in [0.25, 0.3) is 11.1 Å². The van der Waals surface area contributed by atoms with E-state index in [1.54, 1.807) is 0 Å². The maximum absolute atomic E-state index is 12.9. The van der Waals surface area contributed by atoms with E-state index in [0.717, 1.165) is 99.1 Å². The summed E-state index contributed by atoms with van der Waals surface area (Å²) in [6, 6.07) is 10.8. The summed E-state index contributed by atoms with van der Waals surface area (Å²) in [4.78, 5) is 22.1. The van der Waals surface area contributed by atoms with Gasteiger partial charge in [-0.25, -0.2) is 9.78 Å². The molecule has 1 aromatic carbocycles. The fraction of sp³-hybridized carbons (Fsp3) is 0.571. The molecule has 3 saturated heterocycles. The van der Waals surface area contributed by atoms with Crippen molar-refractivity contribution in [2.75, 3.05) is 68.1 Å². The molecule has 2 aromatic rings. The van der Waals surface area contributed by atoms with E-state index in [9.17, 15) is 4.79 Å². The van der Waals surface area contributed by atoms with Crippen molar-refractivity contribution in [3.8, 4) is 11.1 Å². The molecule has 8 nitrogen and oxygen atoms in total. The highest BCUT2D eigenvalue weighted by molar-refractivity contribution is 5.91. The van der Waals surface area contributed by atoms with Gasteiger partial charge >= 0.3 is 6.03 Å². The average Bonchev–Trinajstić information content (AvgIpc) is 3.40. The van der Waals surface area contributed by atoms with Crippen LogP contribution in [-0.4, -0.2) is 74.6 Å². The number of aryl methyl sites for hydroxylation is 1. The van der Waals surface area contributed by atoms with Crippen LogP contribution < -0.4 is 15.5 Å². The van der Waals surface area contributed by atoms with Crippen molar-refractivity contribution < 1.29 is 14.3 Å². The highest BCUT2D eigenvalue weighted by Crippen LogP contribution is 2.32. The zero-order valence-corrected chi connectivity index (χ0v) is 21.6. The predicted octanol–water partition coefficient (Wildman–Crippen LogP) is 4.75. The fourth-order valence-electron chi connectivity index (χ4n) is 5.31. The number of urea groups is 1. The summed E-state index contributed by atoms with van der Waals surface area (Å²) in [5, 5.41) is 6.80. The Labute approximate surface area is 214 Å². The van der Waals surface area contributed by atoms with E-state index in [0.29, 0.717) is 25.2 Å². The molecule has 0 spiro atoms. The normalized spacial score (nSPS) is 21.0. The molecule has 0 aliphatic carbocycles. The van der Waals surface area contributed by atoms with E-state index in [1.165, 1.54) is 0 Å². The van der Waals surface area contributed by atoms with Crippen LogP contribution in [0.4, 0.5) is 22.1 Å². The van der Waals surface area contributed by atoms with Crippen LogP contribution in [0.1, 0.15) is 38.2 Å². The number of benzene rings is 1. The van der Waals surface area contributed by atoms with Crippen LogP contribution in [-0.2, 0) is 9.47 Å². The van der Waals surface area contributed by atoms with Crippen molar-refractivity contribution in [2.24, 2.45) is 5.92 Å². The third kappa shape index (κ3) is 5.93. The molecule has 3 fully saturated rings. The van der Waals surface area contributed by atoms with Crippen LogP contribution in [0.3, 0.4) is 0 Å². The van der Waals surface area contributed by atoms with Crippen LogP contribution in [0.2, 0.25) is 0 Å². The van der Waals surface area contributed by atoms with Crippen LogP contribution in [0.15, 0.2) is 30.3 Å². The SMILES string of the molecule is CC[C@@H]1CCN(C(=O)Nc2ccc(C)c(-c3cc(NC4CCOCC4)nc(N4CCOCC4)c3)c2)C1. The molecule has 1 atom stereocenters. The number of pyridine rings is 1. The number of nitrogens with one attached hydrogen (secondary N) is 2. The summed E-state index contributed by atoms with van der Waals surface area (Å²) in [7, 11) is 0. The lowest BCUT2D eigenvalue weighted by Crippen LogP contribution is -2.37. The van der Waals surface area contributed by atoms with E-state index < -0.39 is 0 Å². The van der Waals surface area contributed by atoms with Gasteiger partial charge < -0.3 is 29.9 Å². The Morgan fingerprint density at radius 3 is 2.56 bits per heavy atom. The number of morpholine rings is 1. The third-order valence-corrected chi connectivity index (χ3v) is 7.67. The highest BCUT2D eigenvalue weighted by Gasteiger charge is 2.25. The molecule has 4 heterocycles. The summed E-state index contributed by atoms with van der Waals surface area (Å²) in [6.45, 7) is 10.6. The lowest BCUT2D eigenvalue weighted by atomic mass is 10.00. The second-order valence-electron chi connectivity index (χ2n) is 10.2. The number of hydrogen-bond donors (Lipinski definition) is 2. The summed E-state index contributed by atoms with van der Waals surface area (Å²) < 4.78 is 11.1. The number of amides is 2. The van der Waals surface area contributed by atoms with Crippen molar-refractivity contribution in [3.05, 3.63) is 35.9 Å². The summed E-state index contributed by atoms with van der Waals surface area (Å²) in [6.07, 6.45) is 4.17. The first-order chi connectivity index (χ1) is 17.6. The largest absolute Gasteiger partial charge is 0.381 e. The Morgan fingerprint density at radius 2 is 1.81 bits per heavy atom. The highest BCUT2D eigenvalue weighted by atomic mass is 16.5. The van der Waals surface area contributed by atoms with E-state index in [2.05, 4.69) is 53.6 Å². The standard InChI is InChI=1S/C28H39N5O3/c1-3-21-6-9-33(19-21)28(34)30-24-5-4-20(2)25(18-24)22-16-26(29-23-7-12-35-13-8-23)31-27(17-22)32-10-14-36-15-11-32/h4-5,16-18,21,23H,3,6-15,19H2,1-2H3,(H,29,31)(H,30,34)/t21-/m1/s1. The van der Waals surface area contributed by atoms with Crippen molar-refractivity contribution in [3.63, 3.8) is 0 Å². The molecule has 5 rings (SSSR count). The quantitative estimate of drug-likeness (QED) is 0.605. The zero-order chi connectivity index (χ0) is 24.9. The van der Waals surface area contributed by atoms with Gasteiger partial charge in [-0.05, 0) is 73.1 Å². The maximum Gasteiger partial charge on any atom is 0.321 e. The van der Waals surface area contributed by atoms with Gasteiger partial charge in [0.2, 0.25) is 0 Å². The second-order valence-corrected chi connectivity index (χ2v) is 10.2. The molecule has 36 heavy (non-hydrogen) atoms. The molecule has 3 aliphatic heterocycles. The maximum atomic E-state index is 12.9. The van der Waals surface area contributed by atoms with Gasteiger partial charge in [0, 0.05) is 51.1 Å². The molecule has 0 saturated carbocycles. The zero-order valence-electron chi connectivity index (χ0n) is 21.6. The number of anilines is 3. The number of nitrogens with zero attached hydrogens (tertiary/aromatic N) is 3. The number of carbonyl (C=O) groups is 1. The Hall–Kier alpha value is -2.84. The first-order valence-corrected chi connectivity index (χ1v) is 13.4. The number of aromatic nitrogens is 1. The van der Waals surface area contributed by atoms with Gasteiger partial charge in [0.1, 0.15) is 11.6 Å². The minimum atomic E-state index is -0.00800. The Morgan fingerprint density at radius 1 is 1.03 bits per heavy atom. The van der Waals surface area contributed by atoms with E-state index >= 15 is 0 Å². The average molecular weight is 494 g/mol. The number of rotatable bonds is 6. The van der Waals surface area contributed by atoms with Gasteiger partial charge in [-0.1, -0.05) is 19.4 Å². The van der Waals surface area contributed by atoms with Gasteiger partial charge in [-0.3, -0.25) is 0 Å². The lowest BCUT2D eigenvalue weighted by molar-refractivity contribution is 0.0904. The van der Waals surface area contributed by atoms with Crippen molar-refractivity contribution >= 4 is 23.4 Å². The molecule has 0 radical (unpaired) electrons. The Kier molecular flexibility index (Phi) is 7.92. The molecule has 2 N–H and O–H groups in total. The Balaban J connectivity index is 1.41. The third-order valence-electron chi connectivity index (χ3n) is 7.67. The van der Waals surface area contributed by atoms with Crippen molar-refractivity contribution in [1.82, 2.24) is 9.88 Å². The minimum absolute atomic E-state index is 0.00800. The monoisotopic (exact) mass is 493 g/mol. The molecule has 3 aliphatic rings. The molecule has 0 unspecified atom stereocenters. The minimum Gasteiger partial charge on any atom is -0.381 e. The number of hydrogen-bond acceptors (Lipinski definition) is 6. The summed E-state index contributed by atoms with van der Waals surface area (Å²) in [5.74, 6) is 2.46. The summed E-state index contributed by atoms with van der Waals surface area (Å²) in [5.41, 5.74) is 4.19.